The molecule has 0 saturated carbocycles. The van der Waals surface area contributed by atoms with Gasteiger partial charge in [-0.2, -0.15) is 5.26 Å². The molecule has 1 aliphatic heterocycles. The average molecular weight is 1880 g/mol. The number of carbonyl (C=O) groups is 3. The zero-order chi connectivity index (χ0) is 94.0. The first-order valence-corrected chi connectivity index (χ1v) is 42.6. The zero-order valence-corrected chi connectivity index (χ0v) is 76.1. The van der Waals surface area contributed by atoms with Crippen molar-refractivity contribution in [2.24, 2.45) is 12.8 Å². The quantitative estimate of drug-likeness (QED) is 0.0114. The predicted molar refractivity (Wildman–Crippen MR) is 508 cm³/mol. The van der Waals surface area contributed by atoms with E-state index in [9.17, 15) is 33.2 Å². The molecule has 0 spiro atoms. The van der Waals surface area contributed by atoms with E-state index in [1.807, 2.05) is 113 Å². The summed E-state index contributed by atoms with van der Waals surface area (Å²) in [6.45, 7) is 0.566. The van der Waals surface area contributed by atoms with Crippen molar-refractivity contribution in [3.8, 4) is 92.1 Å². The second kappa shape index (κ2) is 42.0. The molecule has 674 valence electrons. The van der Waals surface area contributed by atoms with Crippen molar-refractivity contribution in [3.63, 3.8) is 0 Å². The molecule has 11 N–H and O–H groups in total. The van der Waals surface area contributed by atoms with Crippen LogP contribution in [-0.4, -0.2) is 141 Å². The summed E-state index contributed by atoms with van der Waals surface area (Å²) >= 11 is 9.43. The molecule has 0 aliphatic carbocycles. The number of methoxy groups -OCH3 is 10. The maximum atomic E-state index is 13.0. The first-order chi connectivity index (χ1) is 63.8. The number of phenolic OH excluding ortho intramolecular Hbond substituents is 1. The molecule has 1 atom stereocenters. The minimum absolute atomic E-state index is 0.00629. The summed E-state index contributed by atoms with van der Waals surface area (Å²) in [6.07, 6.45) is 11.8. The van der Waals surface area contributed by atoms with Gasteiger partial charge in [0.05, 0.1) is 109 Å². The number of nitriles is 1. The van der Waals surface area contributed by atoms with Gasteiger partial charge < -0.3 is 99.2 Å². The number of halogens is 2. The van der Waals surface area contributed by atoms with Gasteiger partial charge in [-0.05, 0) is 197 Å². The SMILES string of the molecule is COc1cc(-c2nncn2-c2ccc3c(ccn3C)c2)cc(OC)c1OC.COc1cc(C2C(C#N)=C(N)Oc3c2ccc(N)c3N)cc(Br)c1OC.COc1ccc(S(=O)(=O)Nc2cccnc2Nc2ccc(O)cc2)cc1.COc1ccc2c(C(=O)c3cc(OC)c(OC)c(OC)c3)c[nH]c2c1.O=C(Nc1ccncc1)C(=O)c1cn(Cc2ccc(Cl)cc2)c2ccccc12. The van der Waals surface area contributed by atoms with E-state index in [1.54, 1.807) is 159 Å². The van der Waals surface area contributed by atoms with E-state index in [0.717, 1.165) is 55.3 Å². The number of rotatable bonds is 25. The molecule has 7 heterocycles. The van der Waals surface area contributed by atoms with Gasteiger partial charge in [-0.15, -0.1) is 10.2 Å². The molecule has 32 nitrogen and oxygen atoms in total. The van der Waals surface area contributed by atoms with E-state index >= 15 is 0 Å². The van der Waals surface area contributed by atoms with Gasteiger partial charge in [0.25, 0.3) is 21.7 Å². The number of pyridine rings is 2. The summed E-state index contributed by atoms with van der Waals surface area (Å²) < 4.78 is 93.3. The number of H-pyrrole nitrogens is 1. The van der Waals surface area contributed by atoms with Crippen molar-refractivity contribution in [2.75, 3.05) is 97.9 Å². The van der Waals surface area contributed by atoms with E-state index in [2.05, 4.69) is 85.3 Å². The van der Waals surface area contributed by atoms with Gasteiger partial charge in [-0.3, -0.25) is 28.7 Å². The van der Waals surface area contributed by atoms with Crippen molar-refractivity contribution in [1.29, 1.82) is 5.26 Å². The van der Waals surface area contributed by atoms with Gasteiger partial charge >= 0.3 is 0 Å². The number of ketones is 2. The zero-order valence-electron chi connectivity index (χ0n) is 73.0. The largest absolute Gasteiger partial charge is 0.508 e. The molecule has 1 unspecified atom stereocenters. The number of allylic oxidation sites excluding steroid dienone is 1. The number of aromatic hydroxyl groups is 1. The molecular formula is C97H89BrClN15O17S. The number of hydrogen-bond donors (Lipinski definition) is 8. The van der Waals surface area contributed by atoms with Crippen molar-refractivity contribution in [1.82, 2.24) is 38.9 Å². The summed E-state index contributed by atoms with van der Waals surface area (Å²) in [5.41, 5.74) is 28.9. The number of hydrogen-bond acceptors (Lipinski definition) is 26. The lowest BCUT2D eigenvalue weighted by Gasteiger charge is -2.28. The first kappa shape index (κ1) is 93.3. The van der Waals surface area contributed by atoms with Crippen molar-refractivity contribution in [2.45, 2.75) is 17.4 Å². The molecule has 6 aromatic heterocycles. The fourth-order valence-electron chi connectivity index (χ4n) is 14.4. The number of aromatic amines is 1. The Kier molecular flexibility index (Phi) is 29.7. The van der Waals surface area contributed by atoms with Crippen LogP contribution in [0.1, 0.15) is 48.9 Å². The van der Waals surface area contributed by atoms with Gasteiger partial charge in [0.15, 0.2) is 57.7 Å². The molecule has 1 amide bonds. The fourth-order valence-corrected chi connectivity index (χ4v) is 16.2. The highest BCUT2D eigenvalue weighted by Crippen LogP contribution is 2.50. The van der Waals surface area contributed by atoms with Gasteiger partial charge in [-0.1, -0.05) is 48.0 Å². The van der Waals surface area contributed by atoms with Gasteiger partial charge in [-0.25, -0.2) is 13.4 Å². The summed E-state index contributed by atoms with van der Waals surface area (Å²) in [4.78, 5) is 49.6. The van der Waals surface area contributed by atoms with Crippen LogP contribution in [-0.2, 0) is 28.4 Å². The van der Waals surface area contributed by atoms with Crippen LogP contribution in [0.2, 0.25) is 5.02 Å². The number of Topliss-reactive ketones (excluding diaryl/α,β-unsaturated/α-hetero) is 1. The average Bonchev–Trinajstić information content (AvgIpc) is 1.09. The van der Waals surface area contributed by atoms with Crippen molar-refractivity contribution < 1.29 is 80.0 Å². The van der Waals surface area contributed by atoms with Crippen LogP contribution >= 0.6 is 27.5 Å². The molecule has 0 bridgehead atoms. The minimum atomic E-state index is -3.79. The predicted octanol–water partition coefficient (Wildman–Crippen LogP) is 17.6. The molecular weight excluding hydrogens is 1790 g/mol. The Hall–Kier alpha value is -16.4. The number of benzene rings is 10. The fraction of sp³-hybridized carbons (Fsp3) is 0.134. The number of sulfonamides is 1. The molecule has 17 rings (SSSR count). The smallest absolute Gasteiger partial charge is 0.296 e. The maximum absolute atomic E-state index is 13.0. The third-order valence-corrected chi connectivity index (χ3v) is 23.1. The van der Waals surface area contributed by atoms with Crippen LogP contribution in [0.25, 0.3) is 49.8 Å². The van der Waals surface area contributed by atoms with Crippen LogP contribution in [0.5, 0.6) is 69.0 Å². The number of carbonyl (C=O) groups excluding carboxylic acids is 3. The monoisotopic (exact) mass is 1880 g/mol. The molecule has 132 heavy (non-hydrogen) atoms. The number of aromatic nitrogens is 8. The van der Waals surface area contributed by atoms with E-state index < -0.39 is 27.6 Å². The Balaban J connectivity index is 0.000000140. The number of para-hydroxylation sites is 1. The van der Waals surface area contributed by atoms with E-state index in [1.165, 1.54) is 58.2 Å². The second-order valence-electron chi connectivity index (χ2n) is 28.8. The lowest BCUT2D eigenvalue weighted by atomic mass is 9.83. The van der Waals surface area contributed by atoms with Crippen LogP contribution < -0.4 is 84.7 Å². The number of amides is 1. The third kappa shape index (κ3) is 20.7. The third-order valence-electron chi connectivity index (χ3n) is 20.9. The van der Waals surface area contributed by atoms with Crippen LogP contribution in [0.3, 0.4) is 0 Å². The Labute approximate surface area is 771 Å². The van der Waals surface area contributed by atoms with Gasteiger partial charge in [0.1, 0.15) is 35.2 Å². The number of nitrogens with zero attached hydrogens (tertiary/aromatic N) is 8. The number of aryl methyl sites for hydroxylation is 1. The maximum Gasteiger partial charge on any atom is 0.296 e. The number of nitrogen functional groups attached to an aromatic ring is 2. The van der Waals surface area contributed by atoms with Crippen LogP contribution in [0.15, 0.2) is 277 Å². The molecule has 35 heteroatoms. The Morgan fingerprint density at radius 3 is 1.92 bits per heavy atom. The Bertz CT molecular complexity index is 7060. The summed E-state index contributed by atoms with van der Waals surface area (Å²) in [5, 5.41) is 36.4. The lowest BCUT2D eigenvalue weighted by molar-refractivity contribution is -0.112. The minimum Gasteiger partial charge on any atom is -0.508 e. The number of nitrogens with one attached hydrogen (secondary N) is 4. The first-order valence-electron chi connectivity index (χ1n) is 40.0. The van der Waals surface area contributed by atoms with Crippen molar-refractivity contribution >= 4 is 122 Å². The highest BCUT2D eigenvalue weighted by molar-refractivity contribution is 9.10. The highest BCUT2D eigenvalue weighted by Gasteiger charge is 2.34. The van der Waals surface area contributed by atoms with Crippen molar-refractivity contribution in [3.05, 3.63) is 310 Å². The van der Waals surface area contributed by atoms with Crippen LogP contribution in [0, 0.1) is 11.3 Å². The number of ether oxygens (including phenoxy) is 11. The highest BCUT2D eigenvalue weighted by atomic mass is 79.9. The van der Waals surface area contributed by atoms with E-state index in [4.69, 9.17) is 80.9 Å². The number of fused-ring (bicyclic) bond motifs is 4. The lowest BCUT2D eigenvalue weighted by Crippen LogP contribution is -2.22. The molecule has 16 aromatic rings. The standard InChI is InChI=1S/C22H16ClN3O2.C20H20N4O3.C19H19NO5.C18H17BrN4O3.C18H17N3O4S/c23-16-7-5-15(6-8-16)13-26-14-19(18-3-1-2-4-20(18)26)21(27)22(28)25-17-9-11-24-12-10-17;1-23-8-7-13-9-15(5-6-16(13)23)24-12-21-22-20(24)14-10-17(25-2)19(27-4)18(11-14)26-3;1-22-12-5-6-13-14(10-20-15(13)9-12)18(21)11-7-16(23-2)19(25-4)17(8-11)24-3;1-24-13-6-8(5-11(19)17(13)25-2)14-9-3-4-12(21)15(22)16(9)26-18(23)10(14)7-20;1-25-15-8-10-16(11-9-15)26(23,24)21-17-3-2-12-19-18(17)20-13-4-6-14(22)7-5-13/h1-12,14H,13H2,(H,24,25,28);5-12H,1-4H3;5-10,20H,1-4H3;3-6,14H,21-23H2,1-2H3;2-12,21-22H,1H3,(H,19,20). The second-order valence-corrected chi connectivity index (χ2v) is 31.8. The van der Waals surface area contributed by atoms with E-state index in [0.29, 0.717) is 130 Å². The molecule has 10 aromatic carbocycles. The van der Waals surface area contributed by atoms with Gasteiger partial charge in [0.2, 0.25) is 17.4 Å². The van der Waals surface area contributed by atoms with E-state index in [-0.39, 0.29) is 33.6 Å². The molecule has 0 saturated heterocycles. The molecule has 0 radical (unpaired) electrons. The Morgan fingerprint density at radius 2 is 1.28 bits per heavy atom. The summed E-state index contributed by atoms with van der Waals surface area (Å²) in [6, 6.07) is 64.1. The molecule has 1 aliphatic rings. The summed E-state index contributed by atoms with van der Waals surface area (Å²) in [5.74, 6) is 4.99. The number of anilines is 6. The normalized spacial score (nSPS) is 11.8. The van der Waals surface area contributed by atoms with Crippen LogP contribution in [0.4, 0.5) is 34.3 Å². The molecule has 0 fully saturated rings. The van der Waals surface area contributed by atoms with Gasteiger partial charge in [0, 0.05) is 134 Å². The topological polar surface area (TPSA) is 427 Å². The Morgan fingerprint density at radius 1 is 0.636 bits per heavy atom. The summed E-state index contributed by atoms with van der Waals surface area (Å²) in [7, 11) is 13.8. The number of phenols is 1. The number of nitrogens with two attached hydrogens (primary N) is 3.